The minimum Gasteiger partial charge on any atom is -0.268 e. The van der Waals surface area contributed by atoms with Crippen molar-refractivity contribution in [2.24, 2.45) is 4.99 Å². The topological polar surface area (TPSA) is 93.4 Å². The van der Waals surface area contributed by atoms with E-state index in [0.29, 0.717) is 11.4 Å². The largest absolute Gasteiger partial charge is 0.268 e. The van der Waals surface area contributed by atoms with Crippen LogP contribution in [0.25, 0.3) is 0 Å². The summed E-state index contributed by atoms with van der Waals surface area (Å²) in [6.07, 6.45) is 7.45. The minimum atomic E-state index is -3.51. The van der Waals surface area contributed by atoms with Crippen molar-refractivity contribution in [3.63, 3.8) is 0 Å². The monoisotopic (exact) mass is 412 g/mol. The lowest BCUT2D eigenvalue weighted by Gasteiger charge is -2.28. The molecule has 8 heteroatoms. The highest BCUT2D eigenvalue weighted by Gasteiger charge is 2.32. The van der Waals surface area contributed by atoms with Gasteiger partial charge in [-0.3, -0.25) is 14.5 Å². The van der Waals surface area contributed by atoms with Gasteiger partial charge in [-0.05, 0) is 69.1 Å². The van der Waals surface area contributed by atoms with Crippen molar-refractivity contribution in [3.8, 4) is 0 Å². The Balaban J connectivity index is 1.33. The summed E-state index contributed by atoms with van der Waals surface area (Å²) in [6, 6.07) is 8.84. The Hall–Kier alpha value is -2.48. The zero-order valence-corrected chi connectivity index (χ0v) is 17.0. The van der Waals surface area contributed by atoms with Crippen LogP contribution in [-0.4, -0.2) is 30.1 Å². The number of amidine groups is 1. The van der Waals surface area contributed by atoms with Crippen LogP contribution in [0.1, 0.15) is 61.4 Å². The average Bonchev–Trinajstić information content (AvgIpc) is 2.98. The van der Waals surface area contributed by atoms with Crippen LogP contribution in [0.3, 0.4) is 0 Å². The van der Waals surface area contributed by atoms with E-state index in [2.05, 4.69) is 4.72 Å². The lowest BCUT2D eigenvalue weighted by molar-refractivity contribution is 0.293. The van der Waals surface area contributed by atoms with Crippen molar-refractivity contribution in [1.29, 1.82) is 0 Å². The number of sulfonamides is 1. The summed E-state index contributed by atoms with van der Waals surface area (Å²) < 4.78 is 28.8. The number of aromatic nitrogens is 2. The van der Waals surface area contributed by atoms with Gasteiger partial charge in [-0.15, -0.1) is 0 Å². The van der Waals surface area contributed by atoms with Crippen molar-refractivity contribution < 1.29 is 8.42 Å². The molecule has 1 aliphatic heterocycles. The number of nitrogens with one attached hydrogen (secondary N) is 1. The van der Waals surface area contributed by atoms with Gasteiger partial charge in [-0.25, -0.2) is 13.1 Å². The molecule has 29 heavy (non-hydrogen) atoms. The Morgan fingerprint density at radius 3 is 2.66 bits per heavy atom. The molecule has 0 saturated heterocycles. The van der Waals surface area contributed by atoms with E-state index >= 15 is 0 Å². The molecule has 0 atom stereocenters. The Kier molecular flexibility index (Phi) is 4.53. The van der Waals surface area contributed by atoms with Gasteiger partial charge in [0.05, 0.1) is 22.7 Å². The van der Waals surface area contributed by atoms with Crippen molar-refractivity contribution in [2.45, 2.75) is 68.3 Å². The van der Waals surface area contributed by atoms with Gasteiger partial charge < -0.3 is 0 Å². The fourth-order valence-corrected chi connectivity index (χ4v) is 5.92. The quantitative estimate of drug-likeness (QED) is 0.819. The molecule has 0 unspecified atom stereocenters. The number of nitrogens with zero attached hydrogens (tertiary/aromatic N) is 3. The first-order valence-corrected chi connectivity index (χ1v) is 11.8. The molecule has 0 amide bonds. The van der Waals surface area contributed by atoms with E-state index in [9.17, 15) is 13.2 Å². The summed E-state index contributed by atoms with van der Waals surface area (Å²) in [4.78, 5) is 17.6. The Bertz CT molecular complexity index is 1140. The van der Waals surface area contributed by atoms with Gasteiger partial charge in [0.2, 0.25) is 0 Å². The molecule has 3 aliphatic rings. The highest BCUT2D eigenvalue weighted by molar-refractivity contribution is 7.90. The van der Waals surface area contributed by atoms with Crippen molar-refractivity contribution in [1.82, 2.24) is 14.5 Å². The molecule has 152 valence electrons. The molecule has 0 radical (unpaired) electrons. The standard InChI is InChI=1S/C21H24N4O3S/c26-20-13-14-5-1-3-7-18(14)23-25(20)16-11-9-15(10-12-16)22-21-17-6-2-4-8-19(17)29(27,28)24-21/h2,4,6,8,13,15-16H,1,3,5,7,9-12H2,(H,22,24). The summed E-state index contributed by atoms with van der Waals surface area (Å²) >= 11 is 0. The third-order valence-electron chi connectivity index (χ3n) is 6.22. The van der Waals surface area contributed by atoms with Gasteiger partial charge in [-0.1, -0.05) is 12.1 Å². The second-order valence-electron chi connectivity index (χ2n) is 8.15. The van der Waals surface area contributed by atoms with Crippen LogP contribution < -0.4 is 10.3 Å². The third kappa shape index (κ3) is 3.39. The molecule has 7 nitrogen and oxygen atoms in total. The van der Waals surface area contributed by atoms with Gasteiger partial charge in [0.1, 0.15) is 5.84 Å². The van der Waals surface area contributed by atoms with Crippen LogP contribution >= 0.6 is 0 Å². The van der Waals surface area contributed by atoms with E-state index in [1.165, 1.54) is 0 Å². The lowest BCUT2D eigenvalue weighted by Crippen LogP contribution is -2.33. The summed E-state index contributed by atoms with van der Waals surface area (Å²) in [5, 5.41) is 4.69. The summed E-state index contributed by atoms with van der Waals surface area (Å²) in [5.74, 6) is 0.438. The Morgan fingerprint density at radius 2 is 1.83 bits per heavy atom. The van der Waals surface area contributed by atoms with E-state index in [1.54, 1.807) is 28.9 Å². The summed E-state index contributed by atoms with van der Waals surface area (Å²) in [5.41, 5.74) is 2.83. The van der Waals surface area contributed by atoms with E-state index in [4.69, 9.17) is 10.1 Å². The number of aliphatic imine (C=N–C) groups is 1. The Morgan fingerprint density at radius 1 is 1.07 bits per heavy atom. The smallest absolute Gasteiger partial charge is 0.267 e. The number of benzene rings is 1. The summed E-state index contributed by atoms with van der Waals surface area (Å²) in [6.45, 7) is 0. The molecule has 0 spiro atoms. The molecular weight excluding hydrogens is 388 g/mol. The lowest BCUT2D eigenvalue weighted by atomic mass is 9.91. The predicted molar refractivity (Wildman–Crippen MR) is 110 cm³/mol. The summed E-state index contributed by atoms with van der Waals surface area (Å²) in [7, 11) is -3.51. The van der Waals surface area contributed by atoms with Gasteiger partial charge in [0, 0.05) is 11.6 Å². The van der Waals surface area contributed by atoms with Crippen LogP contribution in [0.15, 0.2) is 45.0 Å². The fraction of sp³-hybridized carbons (Fsp3) is 0.476. The van der Waals surface area contributed by atoms with E-state index in [0.717, 1.165) is 62.6 Å². The van der Waals surface area contributed by atoms with E-state index in [1.807, 2.05) is 6.07 Å². The van der Waals surface area contributed by atoms with Crippen LogP contribution in [0, 0.1) is 0 Å². The average molecular weight is 413 g/mol. The molecule has 1 aromatic heterocycles. The molecule has 2 aliphatic carbocycles. The maximum absolute atomic E-state index is 12.6. The van der Waals surface area contributed by atoms with Crippen LogP contribution in [0.2, 0.25) is 0 Å². The van der Waals surface area contributed by atoms with Crippen molar-refractivity contribution in [2.75, 3.05) is 0 Å². The van der Waals surface area contributed by atoms with Gasteiger partial charge in [0.25, 0.3) is 15.6 Å². The highest BCUT2D eigenvalue weighted by atomic mass is 32.2. The highest BCUT2D eigenvalue weighted by Crippen LogP contribution is 2.31. The number of hydrogen-bond donors (Lipinski definition) is 1. The molecule has 1 saturated carbocycles. The Labute approximate surface area is 169 Å². The number of fused-ring (bicyclic) bond motifs is 2. The molecule has 0 bridgehead atoms. The first kappa shape index (κ1) is 18.5. The van der Waals surface area contributed by atoms with E-state index in [-0.39, 0.29) is 22.5 Å². The molecule has 2 aromatic rings. The fourth-order valence-electron chi connectivity index (χ4n) is 4.68. The molecule has 1 fully saturated rings. The molecule has 1 N–H and O–H groups in total. The van der Waals surface area contributed by atoms with Crippen molar-refractivity contribution >= 4 is 15.9 Å². The van der Waals surface area contributed by atoms with Gasteiger partial charge in [-0.2, -0.15) is 5.10 Å². The zero-order chi connectivity index (χ0) is 20.0. The maximum Gasteiger partial charge on any atom is 0.267 e. The maximum atomic E-state index is 12.6. The number of aryl methyl sites for hydroxylation is 2. The molecule has 5 rings (SSSR count). The van der Waals surface area contributed by atoms with Crippen LogP contribution in [0.5, 0.6) is 0 Å². The van der Waals surface area contributed by atoms with Crippen LogP contribution in [0.4, 0.5) is 0 Å². The third-order valence-corrected chi connectivity index (χ3v) is 7.62. The van der Waals surface area contributed by atoms with Crippen molar-refractivity contribution in [3.05, 3.63) is 57.5 Å². The normalized spacial score (nSPS) is 26.6. The second-order valence-corrected chi connectivity index (χ2v) is 9.80. The second kappa shape index (κ2) is 7.09. The van der Waals surface area contributed by atoms with Gasteiger partial charge in [0.15, 0.2) is 0 Å². The van der Waals surface area contributed by atoms with Crippen LogP contribution in [-0.2, 0) is 22.9 Å². The number of hydrogen-bond acceptors (Lipinski definition) is 5. The molecular formula is C21H24N4O3S. The first-order chi connectivity index (χ1) is 14.0. The zero-order valence-electron chi connectivity index (χ0n) is 16.2. The SMILES string of the molecule is O=c1cc2c(nn1C1CCC(N=C3NS(=O)(=O)c4ccccc43)CC1)CCCC2. The first-order valence-electron chi connectivity index (χ1n) is 10.3. The number of rotatable bonds is 2. The minimum absolute atomic E-state index is 0.00195. The van der Waals surface area contributed by atoms with E-state index < -0.39 is 10.0 Å². The predicted octanol–water partition coefficient (Wildman–Crippen LogP) is 2.34. The molecule has 2 heterocycles. The van der Waals surface area contributed by atoms with Gasteiger partial charge >= 0.3 is 0 Å². The molecule has 1 aromatic carbocycles.